The predicted molar refractivity (Wildman–Crippen MR) is 61.5 cm³/mol. The lowest BCUT2D eigenvalue weighted by molar-refractivity contribution is 0.137. The van der Waals surface area contributed by atoms with E-state index < -0.39 is 25.8 Å². The van der Waals surface area contributed by atoms with E-state index in [0.29, 0.717) is 0 Å². The van der Waals surface area contributed by atoms with Gasteiger partial charge in [-0.3, -0.25) is 4.57 Å². The summed E-state index contributed by atoms with van der Waals surface area (Å²) < 4.78 is 27.5. The first-order valence-electron chi connectivity index (χ1n) is 5.56. The molecule has 7 nitrogen and oxygen atoms in total. The Bertz CT molecular complexity index is 315. The zero-order valence-corrected chi connectivity index (χ0v) is 11.2. The molecule has 0 bridgehead atoms. The Morgan fingerprint density at radius 1 is 1.41 bits per heavy atom. The zero-order valence-electron chi connectivity index (χ0n) is 10.3. The molecule has 100 valence electrons. The van der Waals surface area contributed by atoms with Crippen LogP contribution in [0.1, 0.15) is 20.8 Å². The molecule has 1 amide bonds. The molecule has 2 N–H and O–H groups in total. The number of carbonyl (C=O) groups is 1. The van der Waals surface area contributed by atoms with Gasteiger partial charge in [0.2, 0.25) is 0 Å². The number of rotatable bonds is 6. The molecule has 0 aliphatic carbocycles. The Kier molecular flexibility index (Phi) is 4.94. The van der Waals surface area contributed by atoms with Crippen LogP contribution in [0.25, 0.3) is 0 Å². The van der Waals surface area contributed by atoms with Crippen LogP contribution in [0.15, 0.2) is 0 Å². The molecular formula is C9H19N2O5P. The molecule has 0 aromatic heterocycles. The first-order chi connectivity index (χ1) is 7.93. The molecule has 0 aromatic rings. The highest BCUT2D eigenvalue weighted by Gasteiger charge is 2.42. The number of amides is 1. The molecule has 1 aliphatic rings. The van der Waals surface area contributed by atoms with Crippen molar-refractivity contribution in [3.8, 4) is 0 Å². The summed E-state index contributed by atoms with van der Waals surface area (Å²) in [7, 11) is -3.22. The van der Waals surface area contributed by atoms with E-state index >= 15 is 0 Å². The lowest BCUT2D eigenvalue weighted by Gasteiger charge is -2.24. The highest BCUT2D eigenvalue weighted by molar-refractivity contribution is 7.53. The van der Waals surface area contributed by atoms with Crippen LogP contribution in [0.2, 0.25) is 0 Å². The van der Waals surface area contributed by atoms with Crippen LogP contribution in [-0.4, -0.2) is 42.6 Å². The standard InChI is InChI=1S/C9H19N2O5P/c1-4-14-17(13,15-5-2)6-8-7(3)16-9(12)11(8)10/h7-8H,4-6,10H2,1-3H3/t7-,8-/m0/s1. The normalized spacial score (nSPS) is 25.2. The highest BCUT2D eigenvalue weighted by Crippen LogP contribution is 2.49. The quantitative estimate of drug-likeness (QED) is 0.443. The van der Waals surface area contributed by atoms with Crippen molar-refractivity contribution in [2.24, 2.45) is 5.84 Å². The molecule has 0 saturated carbocycles. The first-order valence-corrected chi connectivity index (χ1v) is 7.29. The Hall–Kier alpha value is -0.620. The van der Waals surface area contributed by atoms with Gasteiger partial charge < -0.3 is 13.8 Å². The molecule has 0 unspecified atom stereocenters. The van der Waals surface area contributed by atoms with E-state index in [1.165, 1.54) is 0 Å². The van der Waals surface area contributed by atoms with Gasteiger partial charge in [-0.05, 0) is 20.8 Å². The molecule has 17 heavy (non-hydrogen) atoms. The smallest absolute Gasteiger partial charge is 0.424 e. The maximum Gasteiger partial charge on any atom is 0.424 e. The maximum atomic E-state index is 12.3. The second-order valence-corrected chi connectivity index (χ2v) is 5.80. The molecule has 1 aliphatic heterocycles. The van der Waals surface area contributed by atoms with Gasteiger partial charge in [-0.1, -0.05) is 0 Å². The average molecular weight is 266 g/mol. The van der Waals surface area contributed by atoms with Gasteiger partial charge in [-0.2, -0.15) is 0 Å². The van der Waals surface area contributed by atoms with Gasteiger partial charge in [-0.25, -0.2) is 15.6 Å². The number of carbonyl (C=O) groups excluding carboxylic acids is 1. The van der Waals surface area contributed by atoms with Crippen LogP contribution in [0.3, 0.4) is 0 Å². The molecule has 2 atom stereocenters. The van der Waals surface area contributed by atoms with Crippen LogP contribution >= 0.6 is 7.60 Å². The molecule has 1 heterocycles. The first kappa shape index (κ1) is 14.4. The fourth-order valence-corrected chi connectivity index (χ4v) is 3.66. The fraction of sp³-hybridized carbons (Fsp3) is 0.889. The van der Waals surface area contributed by atoms with Crippen molar-refractivity contribution < 1.29 is 23.1 Å². The molecule has 1 saturated heterocycles. The summed E-state index contributed by atoms with van der Waals surface area (Å²) in [4.78, 5) is 11.2. The largest absolute Gasteiger partial charge is 0.443 e. The predicted octanol–water partition coefficient (Wildman–Crippen LogP) is 1.34. The minimum Gasteiger partial charge on any atom is -0.443 e. The van der Waals surface area contributed by atoms with Crippen molar-refractivity contribution in [1.29, 1.82) is 0 Å². The number of cyclic esters (lactones) is 1. The summed E-state index contributed by atoms with van der Waals surface area (Å²) in [6.07, 6.45) is -1.01. The van der Waals surface area contributed by atoms with E-state index in [9.17, 15) is 9.36 Å². The fourth-order valence-electron chi connectivity index (χ4n) is 1.66. The molecule has 1 rings (SSSR count). The Balaban J connectivity index is 2.73. The monoisotopic (exact) mass is 266 g/mol. The Labute approximate surface area is 101 Å². The van der Waals surface area contributed by atoms with Gasteiger partial charge in [0.1, 0.15) is 6.10 Å². The van der Waals surface area contributed by atoms with E-state index in [0.717, 1.165) is 5.01 Å². The van der Waals surface area contributed by atoms with Gasteiger partial charge in [0.05, 0.1) is 25.4 Å². The molecule has 0 aromatic carbocycles. The summed E-state index contributed by atoms with van der Waals surface area (Å²) in [5.74, 6) is 5.54. The Morgan fingerprint density at radius 3 is 2.29 bits per heavy atom. The highest BCUT2D eigenvalue weighted by atomic mass is 31.2. The van der Waals surface area contributed by atoms with Gasteiger partial charge in [0, 0.05) is 0 Å². The van der Waals surface area contributed by atoms with E-state index in [1.54, 1.807) is 20.8 Å². The van der Waals surface area contributed by atoms with Gasteiger partial charge in [0.15, 0.2) is 0 Å². The third kappa shape index (κ3) is 3.42. The lowest BCUT2D eigenvalue weighted by Crippen LogP contribution is -2.43. The van der Waals surface area contributed by atoms with Crippen molar-refractivity contribution >= 4 is 13.7 Å². The SMILES string of the molecule is CCOP(=O)(C[C@H]1[C@H](C)OC(=O)N1N)OCC. The summed E-state index contributed by atoms with van der Waals surface area (Å²) in [6.45, 7) is 5.70. The molecule has 8 heteroatoms. The van der Waals surface area contributed by atoms with E-state index in [1.807, 2.05) is 0 Å². The number of hydrazine groups is 1. The summed E-state index contributed by atoms with van der Waals surface area (Å²) in [5, 5.41) is 0.940. The number of ether oxygens (including phenoxy) is 1. The average Bonchev–Trinajstić information content (AvgIpc) is 2.46. The van der Waals surface area contributed by atoms with Gasteiger partial charge >= 0.3 is 13.7 Å². The molecule has 1 fully saturated rings. The minimum atomic E-state index is -3.22. The second kappa shape index (κ2) is 5.82. The van der Waals surface area contributed by atoms with Crippen LogP contribution in [0.4, 0.5) is 4.79 Å². The minimum absolute atomic E-state index is 0.0398. The number of nitrogens with two attached hydrogens (primary N) is 1. The summed E-state index contributed by atoms with van der Waals surface area (Å²) in [6, 6.07) is -0.494. The number of hydrogen-bond acceptors (Lipinski definition) is 6. The lowest BCUT2D eigenvalue weighted by atomic mass is 10.2. The molecular weight excluding hydrogens is 247 g/mol. The van der Waals surface area contributed by atoms with Crippen molar-refractivity contribution in [3.63, 3.8) is 0 Å². The van der Waals surface area contributed by atoms with Crippen LogP contribution < -0.4 is 5.84 Å². The maximum absolute atomic E-state index is 12.3. The van der Waals surface area contributed by atoms with Crippen molar-refractivity contribution in [1.82, 2.24) is 5.01 Å². The third-order valence-corrected chi connectivity index (χ3v) is 4.58. The van der Waals surface area contributed by atoms with Crippen LogP contribution in [0.5, 0.6) is 0 Å². The number of nitrogens with zero attached hydrogens (tertiary/aromatic N) is 1. The molecule has 0 radical (unpaired) electrons. The van der Waals surface area contributed by atoms with Gasteiger partial charge in [0.25, 0.3) is 0 Å². The number of hydrogen-bond donors (Lipinski definition) is 1. The van der Waals surface area contributed by atoms with Crippen LogP contribution in [-0.2, 0) is 18.3 Å². The van der Waals surface area contributed by atoms with Crippen LogP contribution in [0, 0.1) is 0 Å². The van der Waals surface area contributed by atoms with Crippen molar-refractivity contribution in [3.05, 3.63) is 0 Å². The Morgan fingerprint density at radius 2 is 1.94 bits per heavy atom. The zero-order chi connectivity index (χ0) is 13.1. The van der Waals surface area contributed by atoms with E-state index in [4.69, 9.17) is 19.6 Å². The van der Waals surface area contributed by atoms with Crippen molar-refractivity contribution in [2.45, 2.75) is 32.9 Å². The van der Waals surface area contributed by atoms with E-state index in [2.05, 4.69) is 0 Å². The summed E-state index contributed by atoms with van der Waals surface area (Å²) in [5.41, 5.74) is 0. The molecule has 0 spiro atoms. The second-order valence-electron chi connectivity index (χ2n) is 3.69. The van der Waals surface area contributed by atoms with Crippen molar-refractivity contribution in [2.75, 3.05) is 19.4 Å². The summed E-state index contributed by atoms with van der Waals surface area (Å²) >= 11 is 0. The van der Waals surface area contributed by atoms with E-state index in [-0.39, 0.29) is 19.4 Å². The van der Waals surface area contributed by atoms with Gasteiger partial charge in [-0.15, -0.1) is 0 Å². The third-order valence-electron chi connectivity index (χ3n) is 2.46. The topological polar surface area (TPSA) is 91.1 Å².